The third-order valence-electron chi connectivity index (χ3n) is 10.6. The number of nitrogens with zero attached hydrogens (tertiary/aromatic N) is 5. The molecule has 3 heterocycles. The van der Waals surface area contributed by atoms with E-state index in [-0.39, 0.29) is 38.6 Å². The number of para-hydroxylation sites is 3. The molecule has 5 heteroatoms. The first-order chi connectivity index (χ1) is 39.0. The Balaban J connectivity index is 1.18. The van der Waals surface area contributed by atoms with E-state index in [0.29, 0.717) is 0 Å². The average Bonchev–Trinajstić information content (AvgIpc) is 4.26. The minimum absolute atomic E-state index is 0.230. The van der Waals surface area contributed by atoms with Gasteiger partial charge in [0.1, 0.15) is 0 Å². The van der Waals surface area contributed by atoms with E-state index in [2.05, 4.69) is 6.07 Å². The fraction of sp³-hybridized carbons (Fsp3) is 0. The molecular weight excluding hydrogens is 755 g/mol. The molecule has 0 unspecified atom stereocenters. The molecule has 12 rings (SSSR count). The van der Waals surface area contributed by atoms with Gasteiger partial charge in [0, 0.05) is 27.1 Å². The molecule has 12 aromatic rings. The molecule has 0 amide bonds. The van der Waals surface area contributed by atoms with E-state index in [9.17, 15) is 9.60 Å². The van der Waals surface area contributed by atoms with Crippen LogP contribution in [0.15, 0.2) is 224 Å². The average molecular weight is 812 g/mol. The Morgan fingerprint density at radius 3 is 1.31 bits per heavy atom. The van der Waals surface area contributed by atoms with Gasteiger partial charge < -0.3 is 0 Å². The molecule has 0 aliphatic heterocycles. The zero-order chi connectivity index (χ0) is 58.4. The molecule has 0 saturated heterocycles. The van der Waals surface area contributed by atoms with Crippen molar-refractivity contribution in [1.29, 1.82) is 0 Å². The van der Waals surface area contributed by atoms with Crippen LogP contribution >= 0.6 is 0 Å². The van der Waals surface area contributed by atoms with Gasteiger partial charge >= 0.3 is 0 Å². The van der Waals surface area contributed by atoms with E-state index in [4.69, 9.17) is 32.8 Å². The van der Waals surface area contributed by atoms with E-state index < -0.39 is 160 Å². The van der Waals surface area contributed by atoms with Gasteiger partial charge in [0.2, 0.25) is 11.9 Å². The fourth-order valence-electron chi connectivity index (χ4n) is 7.71. The summed E-state index contributed by atoms with van der Waals surface area (Å²) in [5.41, 5.74) is 2.79. The van der Waals surface area contributed by atoms with Crippen molar-refractivity contribution in [2.45, 2.75) is 0 Å². The van der Waals surface area contributed by atoms with Crippen LogP contribution in [0, 0.1) is 0 Å². The molecule has 0 aliphatic rings. The van der Waals surface area contributed by atoms with Crippen molar-refractivity contribution in [2.24, 2.45) is 0 Å². The van der Waals surface area contributed by atoms with E-state index in [1.165, 1.54) is 0 Å². The summed E-state index contributed by atoms with van der Waals surface area (Å²) < 4.78 is 181. The van der Waals surface area contributed by atoms with Gasteiger partial charge in [-0.2, -0.15) is 15.0 Å². The molecule has 0 atom stereocenters. The summed E-state index contributed by atoms with van der Waals surface area (Å²) in [6.45, 7) is 0. The van der Waals surface area contributed by atoms with Gasteiger partial charge in [-0.3, -0.25) is 9.13 Å². The lowest BCUT2D eigenvalue weighted by atomic mass is 9.96. The van der Waals surface area contributed by atoms with Crippen LogP contribution in [0.3, 0.4) is 0 Å². The topological polar surface area (TPSA) is 48.5 Å². The largest absolute Gasteiger partial charge is 0.278 e. The zero-order valence-corrected chi connectivity index (χ0v) is 32.1. The molecule has 0 saturated carbocycles. The van der Waals surface area contributed by atoms with Gasteiger partial charge in [0.05, 0.1) is 49.5 Å². The summed E-state index contributed by atoms with van der Waals surface area (Å²) in [4.78, 5) is 14.5. The van der Waals surface area contributed by atoms with Gasteiger partial charge in [0.15, 0.2) is 5.82 Å². The Morgan fingerprint density at radius 2 is 0.742 bits per heavy atom. The van der Waals surface area contributed by atoms with Gasteiger partial charge in [-0.05, 0) is 80.8 Å². The molecule has 3 aromatic heterocycles. The monoisotopic (exact) mass is 811 g/mol. The van der Waals surface area contributed by atoms with Crippen LogP contribution in [0.5, 0.6) is 0 Å². The molecule has 5 nitrogen and oxygen atoms in total. The third kappa shape index (κ3) is 6.06. The second-order valence-electron chi connectivity index (χ2n) is 14.2. The van der Waals surface area contributed by atoms with Gasteiger partial charge in [-0.25, -0.2) is 0 Å². The van der Waals surface area contributed by atoms with E-state index >= 15 is 0 Å². The predicted octanol–water partition coefficient (Wildman–Crippen LogP) is 14.4. The highest BCUT2D eigenvalue weighted by atomic mass is 15.3. The molecule has 0 bridgehead atoms. The van der Waals surface area contributed by atoms with Gasteiger partial charge in [-0.15, -0.1) is 0 Å². The van der Waals surface area contributed by atoms with Crippen LogP contribution in [-0.2, 0) is 0 Å². The van der Waals surface area contributed by atoms with Crippen LogP contribution < -0.4 is 0 Å². The highest BCUT2D eigenvalue weighted by Gasteiger charge is 2.21. The molecule has 0 spiro atoms. The number of hydrogen-bond acceptors (Lipinski definition) is 3. The summed E-state index contributed by atoms with van der Waals surface area (Å²) in [6.07, 6.45) is 0. The molecule has 0 aliphatic carbocycles. The Labute approximate surface area is 386 Å². The standard InChI is InChI=1S/C57H37N5/c1-3-15-38(16-4-1)42-19-13-21-44(35-42)45-22-14-20-43(36-45)40-29-31-41(32-30-40)55-58-56(61-51-26-10-7-23-47(51)48-24-8-11-27-52(48)61)60-57(59-55)62-53-28-12-9-25-49(53)50-34-33-46(37-54(50)62)39-17-5-2-6-18-39/h1-37H/i2D,5D,6D,7D,8D,9D,10D,11D,12D,17D,18D,23D,24D,25D,26D,27D,28D,33D,34D,37D. The summed E-state index contributed by atoms with van der Waals surface area (Å²) in [5, 5.41) is -1.43. The maximum Gasteiger partial charge on any atom is 0.240 e. The number of aromatic nitrogens is 5. The second kappa shape index (κ2) is 14.7. The number of hydrogen-bond donors (Lipinski definition) is 0. The van der Waals surface area contributed by atoms with Crippen LogP contribution in [0.25, 0.3) is 111 Å². The number of fused-ring (bicyclic) bond motifs is 6. The van der Waals surface area contributed by atoms with E-state index in [1.54, 1.807) is 24.3 Å². The minimum atomic E-state index is -0.823. The molecule has 0 radical (unpaired) electrons. The fourth-order valence-corrected chi connectivity index (χ4v) is 7.71. The first kappa shape index (κ1) is 20.7. The SMILES string of the molecule is [2H]c1c([2H])c([2H])c(-c2c([2H])c([2H])c3c4c([2H])c([2H])c([2H])c([2H])c4n(-c4nc(-c5ccc(-c6cccc(-c7cccc(-c8ccccc8)c7)c6)cc5)nc(-n5c6c([2H])c([2H])c([2H])c([2H])c6c6c([2H])c([2H])c([2H])c([2H])c65)n4)c3c2[2H])c([2H])c1[2H]. The van der Waals surface area contributed by atoms with Crippen molar-refractivity contribution in [2.75, 3.05) is 0 Å². The van der Waals surface area contributed by atoms with E-state index in [0.717, 1.165) is 42.5 Å². The van der Waals surface area contributed by atoms with Crippen molar-refractivity contribution in [3.05, 3.63) is 224 Å². The quantitative estimate of drug-likeness (QED) is 0.161. The van der Waals surface area contributed by atoms with Crippen LogP contribution in [0.4, 0.5) is 0 Å². The van der Waals surface area contributed by atoms with Crippen LogP contribution in [-0.4, -0.2) is 24.1 Å². The summed E-state index contributed by atoms with van der Waals surface area (Å²) >= 11 is 0. The Kier molecular flexibility index (Phi) is 4.91. The minimum Gasteiger partial charge on any atom is -0.278 e. The molecule has 0 N–H and O–H groups in total. The van der Waals surface area contributed by atoms with Gasteiger partial charge in [-0.1, -0.05) is 188 Å². The van der Waals surface area contributed by atoms with Crippen molar-refractivity contribution in [3.8, 4) is 67.8 Å². The first-order valence-corrected chi connectivity index (χ1v) is 19.3. The number of rotatable bonds is 7. The zero-order valence-electron chi connectivity index (χ0n) is 52.1. The highest BCUT2D eigenvalue weighted by Crippen LogP contribution is 2.37. The van der Waals surface area contributed by atoms with Crippen molar-refractivity contribution >= 4 is 43.6 Å². The first-order valence-electron chi connectivity index (χ1n) is 29.3. The molecule has 290 valence electrons. The van der Waals surface area contributed by atoms with Crippen LogP contribution in [0.1, 0.15) is 27.4 Å². The lowest BCUT2D eigenvalue weighted by Crippen LogP contribution is -2.10. The van der Waals surface area contributed by atoms with E-state index in [1.807, 2.05) is 72.8 Å². The van der Waals surface area contributed by atoms with Crippen molar-refractivity contribution in [3.63, 3.8) is 0 Å². The molecular formula is C57H37N5. The Morgan fingerprint density at radius 1 is 0.306 bits per heavy atom. The Bertz CT molecular complexity index is 4700. The Hall–Kier alpha value is -8.41. The summed E-state index contributed by atoms with van der Waals surface area (Å²) in [5.74, 6) is -1.37. The maximum absolute atomic E-state index is 9.89. The number of benzene rings is 9. The lowest BCUT2D eigenvalue weighted by molar-refractivity contribution is 0.893. The lowest BCUT2D eigenvalue weighted by Gasteiger charge is -2.13. The third-order valence-corrected chi connectivity index (χ3v) is 10.6. The molecule has 0 fully saturated rings. The smallest absolute Gasteiger partial charge is 0.240 e. The predicted molar refractivity (Wildman–Crippen MR) is 256 cm³/mol. The molecule has 62 heavy (non-hydrogen) atoms. The van der Waals surface area contributed by atoms with Crippen molar-refractivity contribution < 1.29 is 27.4 Å². The maximum atomic E-state index is 9.89. The molecule has 9 aromatic carbocycles. The summed E-state index contributed by atoms with van der Waals surface area (Å²) in [6, 6.07) is 17.7. The second-order valence-corrected chi connectivity index (χ2v) is 14.2. The van der Waals surface area contributed by atoms with Crippen molar-refractivity contribution in [1.82, 2.24) is 24.1 Å². The normalized spacial score (nSPS) is 16.1. The van der Waals surface area contributed by atoms with Crippen LogP contribution in [0.2, 0.25) is 0 Å². The summed E-state index contributed by atoms with van der Waals surface area (Å²) in [7, 11) is 0. The van der Waals surface area contributed by atoms with Gasteiger partial charge in [0.25, 0.3) is 0 Å². The highest BCUT2D eigenvalue weighted by molar-refractivity contribution is 6.10.